The molecule has 1 saturated heterocycles. The van der Waals surface area contributed by atoms with E-state index in [9.17, 15) is 4.57 Å². The number of rotatable bonds is 2. The summed E-state index contributed by atoms with van der Waals surface area (Å²) in [6, 6.07) is 0. The first-order valence-electron chi connectivity index (χ1n) is 3.49. The summed E-state index contributed by atoms with van der Waals surface area (Å²) < 4.78 is 21.0. The Balaban J connectivity index is 2.71. The van der Waals surface area contributed by atoms with Gasteiger partial charge in [0.1, 0.15) is 0 Å². The highest BCUT2D eigenvalue weighted by atomic mass is 35.7. The monoisotopic (exact) mass is 208 g/mol. The standard InChI is InChI=1S/C7H10ClO3P/c1-3-6-5-7(4-2)11-12(8,9)10-6/h3-4,6-7H,1-2,5H2/t6-,7-/m0/s1. The van der Waals surface area contributed by atoms with E-state index in [1.54, 1.807) is 12.2 Å². The molecule has 0 bridgehead atoms. The molecular formula is C7H10ClO3P. The summed E-state index contributed by atoms with van der Waals surface area (Å²) >= 11 is 5.43. The second kappa shape index (κ2) is 3.75. The van der Waals surface area contributed by atoms with Gasteiger partial charge in [-0.05, 0) is 0 Å². The third kappa shape index (κ3) is 2.46. The van der Waals surface area contributed by atoms with Gasteiger partial charge in [-0.2, -0.15) is 0 Å². The summed E-state index contributed by atoms with van der Waals surface area (Å²) in [5, 5.41) is 0. The first-order valence-corrected chi connectivity index (χ1v) is 5.94. The van der Waals surface area contributed by atoms with Crippen LogP contribution in [0.25, 0.3) is 0 Å². The van der Waals surface area contributed by atoms with Crippen molar-refractivity contribution in [3.8, 4) is 0 Å². The summed E-state index contributed by atoms with van der Waals surface area (Å²) in [6.45, 7) is 3.65. The average molecular weight is 209 g/mol. The van der Waals surface area contributed by atoms with Gasteiger partial charge in [0, 0.05) is 17.7 Å². The molecule has 3 nitrogen and oxygen atoms in total. The molecule has 1 aliphatic heterocycles. The van der Waals surface area contributed by atoms with E-state index in [1.807, 2.05) is 0 Å². The zero-order chi connectivity index (χ0) is 9.19. The first kappa shape index (κ1) is 10.0. The quantitative estimate of drug-likeness (QED) is 0.517. The lowest BCUT2D eigenvalue weighted by atomic mass is 10.1. The van der Waals surface area contributed by atoms with Crippen molar-refractivity contribution in [1.29, 1.82) is 0 Å². The average Bonchev–Trinajstić information content (AvgIpc) is 2.01. The second-order valence-corrected chi connectivity index (χ2v) is 4.95. The van der Waals surface area contributed by atoms with Gasteiger partial charge in [0.05, 0.1) is 12.2 Å². The van der Waals surface area contributed by atoms with Gasteiger partial charge in [-0.25, -0.2) is 4.57 Å². The maximum Gasteiger partial charge on any atom is 0.425 e. The van der Waals surface area contributed by atoms with Crippen LogP contribution in [0.4, 0.5) is 0 Å². The van der Waals surface area contributed by atoms with Crippen molar-refractivity contribution < 1.29 is 13.6 Å². The predicted molar refractivity (Wildman–Crippen MR) is 48.2 cm³/mol. The van der Waals surface area contributed by atoms with Crippen molar-refractivity contribution in [3.05, 3.63) is 25.3 Å². The molecule has 0 radical (unpaired) electrons. The lowest BCUT2D eigenvalue weighted by molar-refractivity contribution is 0.0846. The van der Waals surface area contributed by atoms with E-state index >= 15 is 0 Å². The van der Waals surface area contributed by atoms with Crippen LogP contribution in [-0.2, 0) is 13.6 Å². The summed E-state index contributed by atoms with van der Waals surface area (Å²) in [4.78, 5) is 0. The zero-order valence-corrected chi connectivity index (χ0v) is 8.13. The molecule has 0 unspecified atom stereocenters. The van der Waals surface area contributed by atoms with E-state index in [1.165, 1.54) is 0 Å². The van der Waals surface area contributed by atoms with Gasteiger partial charge in [0.2, 0.25) is 0 Å². The van der Waals surface area contributed by atoms with Crippen molar-refractivity contribution in [2.75, 3.05) is 0 Å². The Morgan fingerprint density at radius 2 is 1.75 bits per heavy atom. The highest BCUT2D eigenvalue weighted by Crippen LogP contribution is 2.59. The Bertz CT molecular complexity index is 221. The smallest absolute Gasteiger partial charge is 0.289 e. The molecule has 5 heteroatoms. The number of hydrogen-bond acceptors (Lipinski definition) is 3. The fourth-order valence-electron chi connectivity index (χ4n) is 0.942. The largest absolute Gasteiger partial charge is 0.425 e. The second-order valence-electron chi connectivity index (χ2n) is 2.43. The van der Waals surface area contributed by atoms with E-state index in [2.05, 4.69) is 13.2 Å². The van der Waals surface area contributed by atoms with E-state index in [0.717, 1.165) is 0 Å². The number of halogens is 1. The molecule has 0 spiro atoms. The Labute approximate surface area is 76.3 Å². The highest BCUT2D eigenvalue weighted by Gasteiger charge is 2.34. The van der Waals surface area contributed by atoms with E-state index < -0.39 is 6.95 Å². The molecule has 0 aliphatic carbocycles. The van der Waals surface area contributed by atoms with Crippen LogP contribution in [0.1, 0.15) is 6.42 Å². The van der Waals surface area contributed by atoms with Gasteiger partial charge < -0.3 is 0 Å². The van der Waals surface area contributed by atoms with E-state index in [4.69, 9.17) is 20.3 Å². The Hall–Kier alpha value is -0.0800. The van der Waals surface area contributed by atoms with Gasteiger partial charge in [0.15, 0.2) is 0 Å². The van der Waals surface area contributed by atoms with Crippen molar-refractivity contribution >= 4 is 18.2 Å². The van der Waals surface area contributed by atoms with Crippen LogP contribution < -0.4 is 0 Å². The van der Waals surface area contributed by atoms with Crippen molar-refractivity contribution in [1.82, 2.24) is 0 Å². The maximum atomic E-state index is 11.2. The van der Waals surface area contributed by atoms with Crippen LogP contribution in [0.15, 0.2) is 25.3 Å². The van der Waals surface area contributed by atoms with Crippen LogP contribution in [0.3, 0.4) is 0 Å². The summed E-state index contributed by atoms with van der Waals surface area (Å²) in [6.07, 6.45) is 3.03. The molecule has 1 aliphatic rings. The summed E-state index contributed by atoms with van der Waals surface area (Å²) in [7, 11) is 0. The molecular weight excluding hydrogens is 199 g/mol. The summed E-state index contributed by atoms with van der Waals surface area (Å²) in [5.74, 6) is 0. The lowest BCUT2D eigenvalue weighted by Crippen LogP contribution is -2.23. The van der Waals surface area contributed by atoms with Crippen LogP contribution in [0.5, 0.6) is 0 Å². The topological polar surface area (TPSA) is 35.5 Å². The fourth-order valence-corrected chi connectivity index (χ4v) is 2.60. The van der Waals surface area contributed by atoms with Gasteiger partial charge in [-0.3, -0.25) is 9.05 Å². The van der Waals surface area contributed by atoms with Crippen LogP contribution in [-0.4, -0.2) is 12.2 Å². The minimum absolute atomic E-state index is 0.315. The molecule has 0 amide bonds. The summed E-state index contributed by atoms with van der Waals surface area (Å²) in [5.41, 5.74) is 0. The van der Waals surface area contributed by atoms with Gasteiger partial charge in [-0.1, -0.05) is 12.2 Å². The molecule has 2 atom stereocenters. The Morgan fingerprint density at radius 3 is 2.08 bits per heavy atom. The van der Waals surface area contributed by atoms with Crippen LogP contribution in [0, 0.1) is 0 Å². The first-order chi connectivity index (χ1) is 5.57. The molecule has 68 valence electrons. The maximum absolute atomic E-state index is 11.2. The van der Waals surface area contributed by atoms with Gasteiger partial charge in [0.25, 0.3) is 0 Å². The number of hydrogen-bond donors (Lipinski definition) is 0. The fraction of sp³-hybridized carbons (Fsp3) is 0.429. The zero-order valence-electron chi connectivity index (χ0n) is 6.48. The molecule has 1 fully saturated rings. The molecule has 0 aromatic rings. The molecule has 12 heavy (non-hydrogen) atoms. The van der Waals surface area contributed by atoms with Crippen LogP contribution in [0.2, 0.25) is 0 Å². The Kier molecular flexibility index (Phi) is 3.13. The third-order valence-electron chi connectivity index (χ3n) is 1.51. The molecule has 0 N–H and O–H groups in total. The molecule has 1 heterocycles. The molecule has 0 saturated carbocycles. The van der Waals surface area contributed by atoms with Crippen molar-refractivity contribution in [3.63, 3.8) is 0 Å². The van der Waals surface area contributed by atoms with Gasteiger partial charge >= 0.3 is 6.95 Å². The highest BCUT2D eigenvalue weighted by molar-refractivity contribution is 7.81. The molecule has 0 aromatic heterocycles. The van der Waals surface area contributed by atoms with Gasteiger partial charge in [-0.15, -0.1) is 13.2 Å². The SMILES string of the molecule is C=C[C@H]1C[C@H](C=C)OP(=O)(Cl)O1. The minimum Gasteiger partial charge on any atom is -0.289 e. The normalized spacial score (nSPS) is 42.1. The van der Waals surface area contributed by atoms with Crippen molar-refractivity contribution in [2.24, 2.45) is 0 Å². The van der Waals surface area contributed by atoms with Crippen molar-refractivity contribution in [2.45, 2.75) is 18.6 Å². The predicted octanol–water partition coefficient (Wildman–Crippen LogP) is 2.88. The molecule has 0 aromatic carbocycles. The minimum atomic E-state index is -3.40. The Morgan fingerprint density at radius 1 is 1.33 bits per heavy atom. The van der Waals surface area contributed by atoms with E-state index in [0.29, 0.717) is 6.42 Å². The third-order valence-corrected chi connectivity index (χ3v) is 3.04. The van der Waals surface area contributed by atoms with Crippen LogP contribution >= 0.6 is 18.2 Å². The van der Waals surface area contributed by atoms with E-state index in [-0.39, 0.29) is 12.2 Å². The lowest BCUT2D eigenvalue weighted by Gasteiger charge is -2.28. The molecule has 1 rings (SSSR count).